The number of hydrogen-bond donors (Lipinski definition) is 1. The maximum atomic E-state index is 13.3. The highest BCUT2D eigenvalue weighted by molar-refractivity contribution is 5.84. The molecule has 0 aromatic rings. The second-order valence-corrected chi connectivity index (χ2v) is 22.4. The maximum Gasteiger partial charge on any atom is 0.408 e. The van der Waals surface area contributed by atoms with E-state index in [-0.39, 0.29) is 65.1 Å². The molecular weight excluding hydrogens is 675 g/mol. The predicted molar refractivity (Wildman–Crippen MR) is 218 cm³/mol. The molecular formula is C47H79NO6. The fourth-order valence-corrected chi connectivity index (χ4v) is 14.4. The number of allylic oxidation sites excluding steroid dienone is 1. The van der Waals surface area contributed by atoms with Crippen molar-refractivity contribution in [3.8, 4) is 0 Å². The van der Waals surface area contributed by atoms with Crippen molar-refractivity contribution in [2.75, 3.05) is 6.54 Å². The zero-order valence-corrected chi connectivity index (χ0v) is 36.4. The number of amides is 1. The molecule has 7 heteroatoms. The molecule has 1 amide bonds. The van der Waals surface area contributed by atoms with Crippen LogP contribution in [0.3, 0.4) is 0 Å². The molecule has 5 aliphatic carbocycles. The van der Waals surface area contributed by atoms with Crippen LogP contribution in [0, 0.1) is 62.1 Å². The largest absolute Gasteiger partial charge is 0.462 e. The third-order valence-corrected chi connectivity index (χ3v) is 16.8. The molecule has 5 saturated carbocycles. The van der Waals surface area contributed by atoms with Gasteiger partial charge in [-0.15, -0.1) is 0 Å². The number of hydrogen-bond acceptors (Lipinski definition) is 6. The first kappa shape index (κ1) is 43.0. The maximum absolute atomic E-state index is 13.3. The Morgan fingerprint density at radius 1 is 0.796 bits per heavy atom. The number of Topliss-reactive ketones (excluding diaryl/α,β-unsaturated/α-hetero) is 2. The van der Waals surface area contributed by atoms with Crippen LogP contribution in [0.4, 0.5) is 4.79 Å². The van der Waals surface area contributed by atoms with Crippen molar-refractivity contribution in [1.82, 2.24) is 5.32 Å². The Morgan fingerprint density at radius 3 is 2.11 bits per heavy atom. The van der Waals surface area contributed by atoms with Gasteiger partial charge in [0.15, 0.2) is 5.78 Å². The third kappa shape index (κ3) is 8.00. The van der Waals surface area contributed by atoms with Crippen molar-refractivity contribution in [3.05, 3.63) is 12.2 Å². The monoisotopic (exact) mass is 754 g/mol. The quantitative estimate of drug-likeness (QED) is 0.157. The standard InChI is InChI=1S/C47H77NO6.H2/c1-30(2)33-18-24-47(21-14-15-32(50)29-48-40(52)54-41(4,5)6)26-25-45(12)34(39(33)47)16-17-36-44(11)22-20-37(43(9,10)35(44)19-23-46(36,45)13)53-38(51)28-42(7,8)27-31(3)49;/h33-37,39H,1,14-29H2,2-13H3,(H,48,52);1H/t33-,34+,35-,36+,37-,39+,44-,45+,46+,47+;/m0./s1. The Balaban J connectivity index is 0.00000673. The van der Waals surface area contributed by atoms with E-state index in [0.717, 1.165) is 25.7 Å². The van der Waals surface area contributed by atoms with Crippen LogP contribution in [0.2, 0.25) is 0 Å². The van der Waals surface area contributed by atoms with Crippen molar-refractivity contribution < 1.29 is 30.1 Å². The van der Waals surface area contributed by atoms with Gasteiger partial charge in [-0.3, -0.25) is 9.59 Å². The van der Waals surface area contributed by atoms with E-state index in [4.69, 9.17) is 9.47 Å². The van der Waals surface area contributed by atoms with E-state index in [1.165, 1.54) is 56.9 Å². The highest BCUT2D eigenvalue weighted by atomic mass is 16.6. The molecule has 10 atom stereocenters. The van der Waals surface area contributed by atoms with E-state index >= 15 is 0 Å². The van der Waals surface area contributed by atoms with Gasteiger partial charge < -0.3 is 19.6 Å². The minimum absolute atomic E-state index is 0. The highest BCUT2D eigenvalue weighted by Crippen LogP contribution is 2.78. The molecule has 0 bridgehead atoms. The molecule has 5 fully saturated rings. The van der Waals surface area contributed by atoms with Crippen LogP contribution in [-0.4, -0.2) is 41.9 Å². The van der Waals surface area contributed by atoms with Gasteiger partial charge >= 0.3 is 12.1 Å². The zero-order chi connectivity index (χ0) is 40.3. The summed E-state index contributed by atoms with van der Waals surface area (Å²) in [5, 5.41) is 2.66. The van der Waals surface area contributed by atoms with Crippen molar-refractivity contribution >= 4 is 23.6 Å². The Morgan fingerprint density at radius 2 is 1.48 bits per heavy atom. The van der Waals surface area contributed by atoms with Gasteiger partial charge in [-0.2, -0.15) is 0 Å². The van der Waals surface area contributed by atoms with Gasteiger partial charge in [-0.1, -0.05) is 60.6 Å². The van der Waals surface area contributed by atoms with E-state index in [9.17, 15) is 19.2 Å². The average Bonchev–Trinajstić information content (AvgIpc) is 3.40. The van der Waals surface area contributed by atoms with E-state index in [1.54, 1.807) is 6.92 Å². The Labute approximate surface area is 330 Å². The lowest BCUT2D eigenvalue weighted by atomic mass is 9.32. The molecule has 0 unspecified atom stereocenters. The van der Waals surface area contributed by atoms with E-state index in [1.807, 2.05) is 34.6 Å². The lowest BCUT2D eigenvalue weighted by Gasteiger charge is -2.73. The highest BCUT2D eigenvalue weighted by Gasteiger charge is 2.71. The topological polar surface area (TPSA) is 98.8 Å². The van der Waals surface area contributed by atoms with Crippen LogP contribution >= 0.6 is 0 Å². The first-order valence-electron chi connectivity index (χ1n) is 21.6. The van der Waals surface area contributed by atoms with Gasteiger partial charge in [0.25, 0.3) is 0 Å². The van der Waals surface area contributed by atoms with Crippen LogP contribution in [0.25, 0.3) is 0 Å². The van der Waals surface area contributed by atoms with Crippen LogP contribution in [0.15, 0.2) is 12.2 Å². The van der Waals surface area contributed by atoms with Crippen LogP contribution in [0.5, 0.6) is 0 Å². The first-order valence-corrected chi connectivity index (χ1v) is 21.6. The van der Waals surface area contributed by atoms with Gasteiger partial charge in [0.2, 0.25) is 0 Å². The number of alkyl carbamates (subject to hydrolysis) is 1. The van der Waals surface area contributed by atoms with Gasteiger partial charge in [0.05, 0.1) is 13.0 Å². The molecule has 0 aliphatic heterocycles. The average molecular weight is 754 g/mol. The predicted octanol–water partition coefficient (Wildman–Crippen LogP) is 11.5. The second-order valence-electron chi connectivity index (χ2n) is 22.4. The van der Waals surface area contributed by atoms with Crippen molar-refractivity contribution in [3.63, 3.8) is 0 Å². The molecule has 54 heavy (non-hydrogen) atoms. The van der Waals surface area contributed by atoms with Gasteiger partial charge in [0.1, 0.15) is 17.5 Å². The SMILES string of the molecule is C=C(C)[C@@H]1CC[C@]2(CCCC(=O)CNC(=O)OC(C)(C)C)CC[C@]3(C)[C@H](CC[C@@H]4[C@@]5(C)CC[C@H](OC(=O)CC(C)(C)CC(C)=O)C(C)(C)[C@@H]5CC[C@]43C)[C@@H]12.[HH]. The Bertz CT molecular complexity index is 1480. The van der Waals surface area contributed by atoms with Gasteiger partial charge in [-0.25, -0.2) is 4.79 Å². The lowest BCUT2D eigenvalue weighted by molar-refractivity contribution is -0.250. The summed E-state index contributed by atoms with van der Waals surface area (Å²) in [6.07, 6.45) is 14.3. The summed E-state index contributed by atoms with van der Waals surface area (Å²) >= 11 is 0. The molecule has 0 spiro atoms. The minimum atomic E-state index is -0.588. The summed E-state index contributed by atoms with van der Waals surface area (Å²) in [4.78, 5) is 50.3. The molecule has 0 aromatic heterocycles. The molecule has 0 radical (unpaired) electrons. The summed E-state index contributed by atoms with van der Waals surface area (Å²) in [5.74, 6) is 2.92. The first-order chi connectivity index (χ1) is 24.8. The van der Waals surface area contributed by atoms with Crippen LogP contribution < -0.4 is 5.32 Å². The van der Waals surface area contributed by atoms with Gasteiger partial charge in [0, 0.05) is 19.7 Å². The van der Waals surface area contributed by atoms with Crippen LogP contribution in [0.1, 0.15) is 181 Å². The summed E-state index contributed by atoms with van der Waals surface area (Å²) in [6, 6.07) is 0. The van der Waals surface area contributed by atoms with E-state index in [2.05, 4.69) is 53.4 Å². The Hall–Kier alpha value is -2.18. The lowest BCUT2D eigenvalue weighted by Crippen LogP contribution is -2.66. The van der Waals surface area contributed by atoms with Crippen molar-refractivity contribution in [2.24, 2.45) is 62.1 Å². The van der Waals surface area contributed by atoms with E-state index in [0.29, 0.717) is 42.4 Å². The minimum Gasteiger partial charge on any atom is -0.462 e. The molecule has 7 nitrogen and oxygen atoms in total. The molecule has 0 saturated heterocycles. The molecule has 5 aliphatic rings. The third-order valence-electron chi connectivity index (χ3n) is 16.8. The molecule has 1 N–H and O–H groups in total. The molecule has 308 valence electrons. The number of carbonyl (C=O) groups is 4. The van der Waals surface area contributed by atoms with Crippen molar-refractivity contribution in [1.29, 1.82) is 0 Å². The second kappa shape index (κ2) is 15.0. The summed E-state index contributed by atoms with van der Waals surface area (Å²) in [5.41, 5.74) is 1.14. The number of rotatable bonds is 12. The molecule has 0 aromatic carbocycles. The number of nitrogens with one attached hydrogen (secondary N) is 1. The fraction of sp³-hybridized carbons (Fsp3) is 0.872. The van der Waals surface area contributed by atoms with Crippen molar-refractivity contribution in [2.45, 2.75) is 191 Å². The Kier molecular flexibility index (Phi) is 11.9. The molecule has 0 heterocycles. The summed E-state index contributed by atoms with van der Waals surface area (Å²) < 4.78 is 11.7. The fourth-order valence-electron chi connectivity index (χ4n) is 14.4. The van der Waals surface area contributed by atoms with E-state index < -0.39 is 17.1 Å². The zero-order valence-electron chi connectivity index (χ0n) is 36.4. The number of ketones is 2. The van der Waals surface area contributed by atoms with Crippen LogP contribution in [-0.2, 0) is 23.9 Å². The number of fused-ring (bicyclic) bond motifs is 7. The number of carbonyl (C=O) groups excluding carboxylic acids is 4. The van der Waals surface area contributed by atoms with Gasteiger partial charge in [-0.05, 0) is 168 Å². The number of ether oxygens (including phenoxy) is 2. The number of esters is 1. The normalized spacial score (nSPS) is 38.5. The summed E-state index contributed by atoms with van der Waals surface area (Å²) in [7, 11) is 0. The molecule has 5 rings (SSSR count). The smallest absolute Gasteiger partial charge is 0.408 e. The summed E-state index contributed by atoms with van der Waals surface area (Å²) in [6.45, 7) is 30.6.